The fraction of sp³-hybridized carbons (Fsp3) is 0.654. The van der Waals surface area contributed by atoms with E-state index in [9.17, 15) is 4.79 Å². The summed E-state index contributed by atoms with van der Waals surface area (Å²) >= 11 is 0. The molecule has 1 aromatic heterocycles. The minimum absolute atomic E-state index is 0.0853. The van der Waals surface area contributed by atoms with E-state index in [-0.39, 0.29) is 11.9 Å². The Balaban J connectivity index is 2.57. The lowest BCUT2D eigenvalue weighted by atomic mass is 9.96. The van der Waals surface area contributed by atoms with Gasteiger partial charge in [0, 0.05) is 41.9 Å². The number of unbranched alkanes of at least 4 members (excludes halogenated alkanes) is 3. The Morgan fingerprint density at radius 2 is 1.67 bits per heavy atom. The summed E-state index contributed by atoms with van der Waals surface area (Å²) < 4.78 is 7.84. The molecule has 2 rings (SSSR count). The van der Waals surface area contributed by atoms with Crippen molar-refractivity contribution in [3.8, 4) is 0 Å². The van der Waals surface area contributed by atoms with E-state index in [1.54, 1.807) is 7.11 Å². The summed E-state index contributed by atoms with van der Waals surface area (Å²) in [5, 5.41) is 1.32. The molecule has 0 aliphatic carbocycles. The number of hydrogen-bond acceptors (Lipinski definition) is 2. The number of amides is 1. The average molecular weight is 415 g/mol. The standard InChI is InChI=1S/C26H42N2O2/c1-9-12-13-14-15-27-21(7)20(6)25-19(5)18(4)23(16-24(25)27)26(29)28(17-30-8)22(10-2)11-3/h16,22H,9-15,17H2,1-8H3. The maximum Gasteiger partial charge on any atom is 0.256 e. The van der Waals surface area contributed by atoms with Crippen LogP contribution in [-0.2, 0) is 11.3 Å². The third-order valence-corrected chi connectivity index (χ3v) is 6.87. The first-order chi connectivity index (χ1) is 14.3. The summed E-state index contributed by atoms with van der Waals surface area (Å²) in [7, 11) is 1.66. The van der Waals surface area contributed by atoms with Crippen LogP contribution >= 0.6 is 0 Å². The van der Waals surface area contributed by atoms with Crippen LogP contribution in [0.5, 0.6) is 0 Å². The van der Waals surface area contributed by atoms with Crippen LogP contribution in [0.4, 0.5) is 0 Å². The third kappa shape index (κ3) is 4.74. The molecule has 4 nitrogen and oxygen atoms in total. The molecule has 2 aromatic rings. The molecular weight excluding hydrogens is 372 g/mol. The minimum atomic E-state index is 0.0853. The van der Waals surface area contributed by atoms with E-state index in [0.717, 1.165) is 30.5 Å². The van der Waals surface area contributed by atoms with E-state index in [1.807, 2.05) is 4.90 Å². The Kier molecular flexibility index (Phi) is 8.96. The predicted octanol–water partition coefficient (Wildman–Crippen LogP) is 6.69. The van der Waals surface area contributed by atoms with Gasteiger partial charge in [0.15, 0.2) is 0 Å². The molecule has 0 saturated heterocycles. The largest absolute Gasteiger partial charge is 0.364 e. The number of nitrogens with zero attached hydrogens (tertiary/aromatic N) is 2. The number of aromatic nitrogens is 1. The van der Waals surface area contributed by atoms with Crippen LogP contribution in [0.2, 0.25) is 0 Å². The van der Waals surface area contributed by atoms with Gasteiger partial charge in [0.05, 0.1) is 0 Å². The molecule has 1 heterocycles. The quantitative estimate of drug-likeness (QED) is 0.303. The lowest BCUT2D eigenvalue weighted by Crippen LogP contribution is -2.41. The van der Waals surface area contributed by atoms with Gasteiger partial charge in [0.2, 0.25) is 0 Å². The molecule has 0 bridgehead atoms. The number of carbonyl (C=O) groups is 1. The summed E-state index contributed by atoms with van der Waals surface area (Å²) in [6, 6.07) is 2.34. The Labute approximate surface area is 183 Å². The minimum Gasteiger partial charge on any atom is -0.364 e. The highest BCUT2D eigenvalue weighted by atomic mass is 16.5. The summed E-state index contributed by atoms with van der Waals surface area (Å²) in [6.07, 6.45) is 6.81. The third-order valence-electron chi connectivity index (χ3n) is 6.87. The number of ether oxygens (including phenoxy) is 1. The number of rotatable bonds is 11. The van der Waals surface area contributed by atoms with E-state index in [2.05, 4.69) is 59.1 Å². The smallest absolute Gasteiger partial charge is 0.256 e. The van der Waals surface area contributed by atoms with Gasteiger partial charge in [-0.05, 0) is 69.7 Å². The SMILES string of the molecule is CCCCCCn1c(C)c(C)c2c(C)c(C)c(C(=O)N(COC)C(CC)CC)cc21. The molecule has 0 saturated carbocycles. The van der Waals surface area contributed by atoms with Crippen LogP contribution in [-0.4, -0.2) is 35.3 Å². The molecule has 0 spiro atoms. The molecule has 0 atom stereocenters. The van der Waals surface area contributed by atoms with Gasteiger partial charge in [-0.15, -0.1) is 0 Å². The van der Waals surface area contributed by atoms with E-state index in [0.29, 0.717) is 6.73 Å². The van der Waals surface area contributed by atoms with Gasteiger partial charge in [-0.1, -0.05) is 40.0 Å². The summed E-state index contributed by atoms with van der Waals surface area (Å²) in [5.41, 5.74) is 7.00. The molecule has 0 radical (unpaired) electrons. The maximum absolute atomic E-state index is 13.6. The highest BCUT2D eigenvalue weighted by Gasteiger charge is 2.26. The zero-order chi connectivity index (χ0) is 22.4. The highest BCUT2D eigenvalue weighted by molar-refractivity contribution is 6.02. The molecule has 0 aliphatic rings. The van der Waals surface area contributed by atoms with Crippen LogP contribution in [0, 0.1) is 27.7 Å². The van der Waals surface area contributed by atoms with Crippen LogP contribution < -0.4 is 0 Å². The van der Waals surface area contributed by atoms with Gasteiger partial charge in [0.25, 0.3) is 5.91 Å². The van der Waals surface area contributed by atoms with Crippen molar-refractivity contribution in [1.29, 1.82) is 0 Å². The number of methoxy groups -OCH3 is 1. The van der Waals surface area contributed by atoms with Crippen molar-refractivity contribution in [2.45, 2.75) is 99.6 Å². The Morgan fingerprint density at radius 1 is 1.00 bits per heavy atom. The average Bonchev–Trinajstić information content (AvgIpc) is 2.97. The fourth-order valence-corrected chi connectivity index (χ4v) is 4.71. The Hall–Kier alpha value is -1.81. The first-order valence-corrected chi connectivity index (χ1v) is 11.7. The van der Waals surface area contributed by atoms with Gasteiger partial charge in [-0.2, -0.15) is 0 Å². The van der Waals surface area contributed by atoms with E-state index >= 15 is 0 Å². The Morgan fingerprint density at radius 3 is 2.23 bits per heavy atom. The van der Waals surface area contributed by atoms with Crippen molar-refractivity contribution in [2.24, 2.45) is 0 Å². The van der Waals surface area contributed by atoms with E-state index < -0.39 is 0 Å². The lowest BCUT2D eigenvalue weighted by molar-refractivity contribution is 0.0241. The van der Waals surface area contributed by atoms with Crippen molar-refractivity contribution in [3.63, 3.8) is 0 Å². The summed E-state index contributed by atoms with van der Waals surface area (Å²) in [5.74, 6) is 0.0853. The second-order valence-electron chi connectivity index (χ2n) is 8.65. The lowest BCUT2D eigenvalue weighted by Gasteiger charge is -2.30. The van der Waals surface area contributed by atoms with Crippen molar-refractivity contribution < 1.29 is 9.53 Å². The highest BCUT2D eigenvalue weighted by Crippen LogP contribution is 2.33. The van der Waals surface area contributed by atoms with Crippen molar-refractivity contribution in [1.82, 2.24) is 9.47 Å². The summed E-state index contributed by atoms with van der Waals surface area (Å²) in [6.45, 7) is 16.6. The van der Waals surface area contributed by atoms with Gasteiger partial charge >= 0.3 is 0 Å². The first-order valence-electron chi connectivity index (χ1n) is 11.7. The number of carbonyl (C=O) groups excluding carboxylic acids is 1. The zero-order valence-corrected chi connectivity index (χ0v) is 20.5. The molecular formula is C26H42N2O2. The molecule has 0 aliphatic heterocycles. The van der Waals surface area contributed by atoms with Crippen LogP contribution in [0.25, 0.3) is 10.9 Å². The number of aryl methyl sites for hydroxylation is 3. The molecule has 4 heteroatoms. The second-order valence-corrected chi connectivity index (χ2v) is 8.65. The van der Waals surface area contributed by atoms with Crippen LogP contribution in [0.15, 0.2) is 6.07 Å². The molecule has 168 valence electrons. The predicted molar refractivity (Wildman–Crippen MR) is 127 cm³/mol. The number of hydrogen-bond donors (Lipinski definition) is 0. The monoisotopic (exact) mass is 414 g/mol. The van der Waals surface area contributed by atoms with Crippen molar-refractivity contribution in [2.75, 3.05) is 13.8 Å². The molecule has 0 N–H and O–H groups in total. The summed E-state index contributed by atoms with van der Waals surface area (Å²) in [4.78, 5) is 15.6. The molecule has 1 aromatic carbocycles. The molecule has 0 fully saturated rings. The van der Waals surface area contributed by atoms with Gasteiger partial charge < -0.3 is 14.2 Å². The first kappa shape index (κ1) is 24.5. The van der Waals surface area contributed by atoms with Crippen LogP contribution in [0.3, 0.4) is 0 Å². The van der Waals surface area contributed by atoms with E-state index in [4.69, 9.17) is 4.74 Å². The number of fused-ring (bicyclic) bond motifs is 1. The van der Waals surface area contributed by atoms with Gasteiger partial charge in [-0.25, -0.2) is 0 Å². The Bertz CT molecular complexity index is 862. The van der Waals surface area contributed by atoms with Gasteiger partial charge in [0.1, 0.15) is 6.73 Å². The maximum atomic E-state index is 13.6. The van der Waals surface area contributed by atoms with E-state index in [1.165, 1.54) is 53.4 Å². The van der Waals surface area contributed by atoms with Crippen LogP contribution in [0.1, 0.15) is 92.0 Å². The normalized spacial score (nSPS) is 11.6. The molecule has 1 amide bonds. The van der Waals surface area contributed by atoms with Crippen molar-refractivity contribution >= 4 is 16.8 Å². The number of benzene rings is 1. The topological polar surface area (TPSA) is 34.5 Å². The van der Waals surface area contributed by atoms with Crippen molar-refractivity contribution in [3.05, 3.63) is 34.0 Å². The zero-order valence-electron chi connectivity index (χ0n) is 20.5. The second kappa shape index (κ2) is 11.0. The fourth-order valence-electron chi connectivity index (χ4n) is 4.71. The molecule has 30 heavy (non-hydrogen) atoms. The van der Waals surface area contributed by atoms with Gasteiger partial charge in [-0.3, -0.25) is 4.79 Å². The molecule has 0 unspecified atom stereocenters.